The molecule has 2 aliphatic rings. The normalized spacial score (nSPS) is 34.9. The highest BCUT2D eigenvalue weighted by Crippen LogP contribution is 2.38. The fourth-order valence-corrected chi connectivity index (χ4v) is 6.26. The molecule has 1 aliphatic carbocycles. The van der Waals surface area contributed by atoms with Crippen molar-refractivity contribution in [3.8, 4) is 0 Å². The molecule has 1 heterocycles. The van der Waals surface area contributed by atoms with Crippen LogP contribution in [0.25, 0.3) is 0 Å². The molecule has 0 amide bonds. The first kappa shape index (κ1) is 17.2. The van der Waals surface area contributed by atoms with Crippen molar-refractivity contribution in [2.45, 2.75) is 55.9 Å². The van der Waals surface area contributed by atoms with Gasteiger partial charge in [-0.05, 0) is 45.8 Å². The van der Waals surface area contributed by atoms with E-state index in [1.807, 2.05) is 0 Å². The zero-order valence-corrected chi connectivity index (χ0v) is 14.5. The minimum Gasteiger partial charge on any atom is -0.329 e. The van der Waals surface area contributed by atoms with E-state index in [0.717, 1.165) is 32.4 Å². The van der Waals surface area contributed by atoms with Gasteiger partial charge in [-0.15, -0.1) is 0 Å². The maximum atomic E-state index is 12.2. The van der Waals surface area contributed by atoms with Gasteiger partial charge in [0.2, 0.25) is 0 Å². The minimum atomic E-state index is -3.06. The molecule has 0 aromatic carbocycles. The molecule has 0 aromatic heterocycles. The molecule has 5 nitrogen and oxygen atoms in total. The SMILES string of the molecule is CCN1CCCC1CN(C)C1(CN)CCCC1S(C)(=O)=O. The molecule has 21 heavy (non-hydrogen) atoms. The van der Waals surface area contributed by atoms with Crippen LogP contribution >= 0.6 is 0 Å². The number of hydrogen-bond donors (Lipinski definition) is 1. The Morgan fingerprint density at radius 1 is 1.33 bits per heavy atom. The summed E-state index contributed by atoms with van der Waals surface area (Å²) in [5.41, 5.74) is 5.71. The fourth-order valence-electron chi connectivity index (χ4n) is 4.48. The van der Waals surface area contributed by atoms with Gasteiger partial charge in [-0.25, -0.2) is 8.42 Å². The van der Waals surface area contributed by atoms with Crippen LogP contribution in [0, 0.1) is 0 Å². The molecule has 2 N–H and O–H groups in total. The minimum absolute atomic E-state index is 0.309. The van der Waals surface area contributed by atoms with E-state index in [1.54, 1.807) is 0 Å². The molecule has 3 atom stereocenters. The van der Waals surface area contributed by atoms with E-state index < -0.39 is 9.84 Å². The fraction of sp³-hybridized carbons (Fsp3) is 1.00. The second-order valence-electron chi connectivity index (χ2n) is 6.82. The number of hydrogen-bond acceptors (Lipinski definition) is 5. The first-order valence-electron chi connectivity index (χ1n) is 8.19. The van der Waals surface area contributed by atoms with E-state index in [0.29, 0.717) is 12.6 Å². The molecule has 1 saturated carbocycles. The summed E-state index contributed by atoms with van der Waals surface area (Å²) in [6.07, 6.45) is 6.44. The van der Waals surface area contributed by atoms with Crippen molar-refractivity contribution in [1.29, 1.82) is 0 Å². The lowest BCUT2D eigenvalue weighted by molar-refractivity contribution is 0.0968. The van der Waals surface area contributed by atoms with Crippen LogP contribution in [-0.4, -0.2) is 74.5 Å². The summed E-state index contributed by atoms with van der Waals surface area (Å²) < 4.78 is 24.4. The van der Waals surface area contributed by atoms with Crippen LogP contribution in [-0.2, 0) is 9.84 Å². The topological polar surface area (TPSA) is 66.6 Å². The first-order valence-corrected chi connectivity index (χ1v) is 10.1. The van der Waals surface area contributed by atoms with Crippen LogP contribution in [0.4, 0.5) is 0 Å². The van der Waals surface area contributed by atoms with Gasteiger partial charge >= 0.3 is 0 Å². The summed E-state index contributed by atoms with van der Waals surface area (Å²) in [4.78, 5) is 4.77. The first-order chi connectivity index (χ1) is 9.85. The van der Waals surface area contributed by atoms with E-state index in [-0.39, 0.29) is 10.8 Å². The summed E-state index contributed by atoms with van der Waals surface area (Å²) >= 11 is 0. The third-order valence-electron chi connectivity index (χ3n) is 5.70. The van der Waals surface area contributed by atoms with E-state index in [1.165, 1.54) is 25.6 Å². The highest BCUT2D eigenvalue weighted by Gasteiger charge is 2.50. The largest absolute Gasteiger partial charge is 0.329 e. The Bertz CT molecular complexity index is 454. The van der Waals surface area contributed by atoms with Gasteiger partial charge in [0.25, 0.3) is 0 Å². The van der Waals surface area contributed by atoms with Crippen LogP contribution in [0.15, 0.2) is 0 Å². The Kier molecular flexibility index (Phi) is 5.34. The van der Waals surface area contributed by atoms with E-state index in [2.05, 4.69) is 23.8 Å². The molecular formula is C15H31N3O2S. The zero-order chi connectivity index (χ0) is 15.7. The lowest BCUT2D eigenvalue weighted by Crippen LogP contribution is -2.61. The van der Waals surface area contributed by atoms with Gasteiger partial charge < -0.3 is 5.73 Å². The Morgan fingerprint density at radius 2 is 2.05 bits per heavy atom. The summed E-state index contributed by atoms with van der Waals surface area (Å²) in [5.74, 6) is 0. The third kappa shape index (κ3) is 3.28. The van der Waals surface area contributed by atoms with Crippen LogP contribution in [0.1, 0.15) is 39.0 Å². The van der Waals surface area contributed by atoms with Crippen molar-refractivity contribution in [3.05, 3.63) is 0 Å². The number of nitrogens with two attached hydrogens (primary N) is 1. The number of rotatable bonds is 6. The van der Waals surface area contributed by atoms with Gasteiger partial charge in [-0.2, -0.15) is 0 Å². The third-order valence-corrected chi connectivity index (χ3v) is 7.40. The molecular weight excluding hydrogens is 286 g/mol. The Labute approximate surface area is 129 Å². The maximum absolute atomic E-state index is 12.2. The highest BCUT2D eigenvalue weighted by atomic mass is 32.2. The standard InChI is InChI=1S/C15H31N3O2S/c1-4-18-10-6-7-13(18)11-17(2)15(12-16)9-5-8-14(15)21(3,19)20/h13-14H,4-12,16H2,1-3H3. The van der Waals surface area contributed by atoms with Gasteiger partial charge in [0.1, 0.15) is 0 Å². The highest BCUT2D eigenvalue weighted by molar-refractivity contribution is 7.91. The smallest absolute Gasteiger partial charge is 0.152 e. The predicted molar refractivity (Wildman–Crippen MR) is 87.2 cm³/mol. The van der Waals surface area contributed by atoms with Crippen molar-refractivity contribution < 1.29 is 8.42 Å². The van der Waals surface area contributed by atoms with Crippen molar-refractivity contribution in [2.24, 2.45) is 5.73 Å². The average molecular weight is 317 g/mol. The van der Waals surface area contributed by atoms with Crippen molar-refractivity contribution in [2.75, 3.05) is 39.5 Å². The molecule has 1 saturated heterocycles. The van der Waals surface area contributed by atoms with E-state index in [9.17, 15) is 8.42 Å². The van der Waals surface area contributed by atoms with Gasteiger partial charge in [0.15, 0.2) is 9.84 Å². The molecule has 0 bridgehead atoms. The van der Waals surface area contributed by atoms with Gasteiger partial charge in [-0.3, -0.25) is 9.80 Å². The maximum Gasteiger partial charge on any atom is 0.152 e. The number of nitrogens with zero attached hydrogens (tertiary/aromatic N) is 2. The van der Waals surface area contributed by atoms with E-state index >= 15 is 0 Å². The molecule has 0 radical (unpaired) electrons. The van der Waals surface area contributed by atoms with Gasteiger partial charge in [0.05, 0.1) is 5.25 Å². The van der Waals surface area contributed by atoms with Crippen LogP contribution in [0.5, 0.6) is 0 Å². The van der Waals surface area contributed by atoms with Crippen LogP contribution < -0.4 is 5.73 Å². The monoisotopic (exact) mass is 317 g/mol. The molecule has 1 aliphatic heterocycles. The number of sulfone groups is 1. The molecule has 0 aromatic rings. The Balaban J connectivity index is 2.16. The van der Waals surface area contributed by atoms with Gasteiger partial charge in [-0.1, -0.05) is 13.3 Å². The molecule has 2 fully saturated rings. The summed E-state index contributed by atoms with van der Waals surface area (Å²) in [6, 6.07) is 0.546. The average Bonchev–Trinajstić information content (AvgIpc) is 3.04. The van der Waals surface area contributed by atoms with E-state index in [4.69, 9.17) is 5.73 Å². The molecule has 3 unspecified atom stereocenters. The quantitative estimate of drug-likeness (QED) is 0.781. The van der Waals surface area contributed by atoms with Crippen molar-refractivity contribution in [1.82, 2.24) is 9.80 Å². The lowest BCUT2D eigenvalue weighted by Gasteiger charge is -2.44. The molecule has 124 valence electrons. The Morgan fingerprint density at radius 3 is 2.62 bits per heavy atom. The summed E-state index contributed by atoms with van der Waals surface area (Å²) in [7, 11) is -0.983. The predicted octanol–water partition coefficient (Wildman–Crippen LogP) is 0.697. The van der Waals surface area contributed by atoms with Crippen molar-refractivity contribution in [3.63, 3.8) is 0 Å². The zero-order valence-electron chi connectivity index (χ0n) is 13.7. The van der Waals surface area contributed by atoms with Crippen LogP contribution in [0.2, 0.25) is 0 Å². The summed E-state index contributed by atoms with van der Waals surface area (Å²) in [6.45, 7) is 5.80. The second kappa shape index (κ2) is 6.52. The number of likely N-dealkylation sites (tertiary alicyclic amines) is 1. The molecule has 2 rings (SSSR count). The van der Waals surface area contributed by atoms with Gasteiger partial charge in [0, 0.05) is 30.9 Å². The number of likely N-dealkylation sites (N-methyl/N-ethyl adjacent to an activating group) is 2. The lowest BCUT2D eigenvalue weighted by atomic mass is 9.94. The molecule has 6 heteroatoms. The molecule has 0 spiro atoms. The second-order valence-corrected chi connectivity index (χ2v) is 9.05. The van der Waals surface area contributed by atoms with Crippen LogP contribution in [0.3, 0.4) is 0 Å². The summed E-state index contributed by atoms with van der Waals surface area (Å²) in [5, 5.41) is -0.309. The van der Waals surface area contributed by atoms with Crippen molar-refractivity contribution >= 4 is 9.84 Å². The Hall–Kier alpha value is -0.170.